The van der Waals surface area contributed by atoms with Crippen LogP contribution in [0.5, 0.6) is 0 Å². The van der Waals surface area contributed by atoms with Gasteiger partial charge in [0.15, 0.2) is 0 Å². The van der Waals surface area contributed by atoms with Crippen molar-refractivity contribution in [1.29, 1.82) is 0 Å². The van der Waals surface area contributed by atoms with Crippen LogP contribution in [0.2, 0.25) is 0 Å². The van der Waals surface area contributed by atoms with Gasteiger partial charge in [0.1, 0.15) is 0 Å². The number of hydrogen-bond donors (Lipinski definition) is 1. The van der Waals surface area contributed by atoms with Crippen LogP contribution in [0.1, 0.15) is 31.0 Å². The van der Waals surface area contributed by atoms with Gasteiger partial charge in [0.25, 0.3) is 0 Å². The Labute approximate surface area is 124 Å². The minimum atomic E-state index is 0.393. The average molecular weight is 291 g/mol. The lowest BCUT2D eigenvalue weighted by Gasteiger charge is -2.20. The molecule has 2 atom stereocenters. The zero-order valence-corrected chi connectivity index (χ0v) is 13.4. The fourth-order valence-electron chi connectivity index (χ4n) is 2.24. The molecule has 1 aromatic carbocycles. The van der Waals surface area contributed by atoms with E-state index in [1.807, 2.05) is 0 Å². The third-order valence-corrected chi connectivity index (χ3v) is 4.75. The molecule has 0 aliphatic carbocycles. The highest BCUT2D eigenvalue weighted by Crippen LogP contribution is 2.19. The van der Waals surface area contributed by atoms with E-state index >= 15 is 0 Å². The summed E-state index contributed by atoms with van der Waals surface area (Å²) in [6.07, 6.45) is 3.20. The van der Waals surface area contributed by atoms with Crippen LogP contribution >= 0.6 is 23.1 Å². The predicted octanol–water partition coefficient (Wildman–Crippen LogP) is 4.75. The zero-order valence-electron chi connectivity index (χ0n) is 11.7. The molecule has 1 nitrogen and oxygen atoms in total. The Morgan fingerprint density at radius 3 is 2.47 bits per heavy atom. The first-order chi connectivity index (χ1) is 9.19. The molecule has 0 saturated heterocycles. The third-order valence-electron chi connectivity index (χ3n) is 3.27. The van der Waals surface area contributed by atoms with Crippen molar-refractivity contribution in [3.05, 3.63) is 52.2 Å². The van der Waals surface area contributed by atoms with Crippen LogP contribution in [-0.2, 0) is 6.42 Å². The van der Waals surface area contributed by atoms with Crippen LogP contribution in [0.3, 0.4) is 0 Å². The van der Waals surface area contributed by atoms with Crippen molar-refractivity contribution in [2.24, 2.45) is 0 Å². The summed E-state index contributed by atoms with van der Waals surface area (Å²) in [5, 5.41) is 8.05. The van der Waals surface area contributed by atoms with Gasteiger partial charge in [-0.15, -0.1) is 11.8 Å². The van der Waals surface area contributed by atoms with Crippen LogP contribution < -0.4 is 5.32 Å². The standard InChI is InChI=1S/C16H21NS2/c1-12(10-14-8-9-19-11-14)17-13(2)15-4-6-16(18-3)7-5-15/h4-9,11-13,17H,10H2,1-3H3. The van der Waals surface area contributed by atoms with Crippen molar-refractivity contribution in [2.45, 2.75) is 37.2 Å². The molecular weight excluding hydrogens is 270 g/mol. The maximum atomic E-state index is 3.67. The lowest BCUT2D eigenvalue weighted by molar-refractivity contribution is 0.477. The van der Waals surface area contributed by atoms with Gasteiger partial charge in [-0.1, -0.05) is 12.1 Å². The second-order valence-electron chi connectivity index (χ2n) is 4.90. The fraction of sp³-hybridized carbons (Fsp3) is 0.375. The summed E-state index contributed by atoms with van der Waals surface area (Å²) >= 11 is 3.56. The molecule has 0 saturated carbocycles. The van der Waals surface area contributed by atoms with Crippen molar-refractivity contribution in [1.82, 2.24) is 5.32 Å². The molecule has 0 spiro atoms. The molecule has 1 heterocycles. The van der Waals surface area contributed by atoms with Crippen molar-refractivity contribution in [3.8, 4) is 0 Å². The molecule has 1 aromatic heterocycles. The second kappa shape index (κ2) is 7.13. The summed E-state index contributed by atoms with van der Waals surface area (Å²) in [4.78, 5) is 1.32. The molecule has 2 aromatic rings. The summed E-state index contributed by atoms with van der Waals surface area (Å²) in [6, 6.07) is 11.9. The smallest absolute Gasteiger partial charge is 0.0294 e. The van der Waals surface area contributed by atoms with E-state index in [-0.39, 0.29) is 0 Å². The minimum absolute atomic E-state index is 0.393. The van der Waals surface area contributed by atoms with Gasteiger partial charge < -0.3 is 5.32 Å². The Hall–Kier alpha value is -0.770. The molecule has 0 radical (unpaired) electrons. The van der Waals surface area contributed by atoms with E-state index in [1.54, 1.807) is 23.1 Å². The highest BCUT2D eigenvalue weighted by molar-refractivity contribution is 7.98. The Morgan fingerprint density at radius 2 is 1.89 bits per heavy atom. The van der Waals surface area contributed by atoms with Gasteiger partial charge in [-0.2, -0.15) is 11.3 Å². The SMILES string of the molecule is CSc1ccc(C(C)NC(C)Cc2ccsc2)cc1. The highest BCUT2D eigenvalue weighted by Gasteiger charge is 2.10. The molecule has 102 valence electrons. The molecule has 1 N–H and O–H groups in total. The van der Waals surface area contributed by atoms with Crippen molar-refractivity contribution < 1.29 is 0 Å². The van der Waals surface area contributed by atoms with Crippen LogP contribution in [-0.4, -0.2) is 12.3 Å². The second-order valence-corrected chi connectivity index (χ2v) is 6.56. The first kappa shape index (κ1) is 14.6. The summed E-state index contributed by atoms with van der Waals surface area (Å²) in [5.74, 6) is 0. The van der Waals surface area contributed by atoms with Gasteiger partial charge in [-0.3, -0.25) is 0 Å². The Morgan fingerprint density at radius 1 is 1.16 bits per heavy atom. The van der Waals surface area contributed by atoms with E-state index in [2.05, 4.69) is 66.5 Å². The van der Waals surface area contributed by atoms with Gasteiger partial charge in [0, 0.05) is 17.0 Å². The van der Waals surface area contributed by atoms with E-state index in [0.29, 0.717) is 12.1 Å². The topological polar surface area (TPSA) is 12.0 Å². The van der Waals surface area contributed by atoms with Crippen molar-refractivity contribution >= 4 is 23.1 Å². The van der Waals surface area contributed by atoms with Gasteiger partial charge in [-0.25, -0.2) is 0 Å². The summed E-state index contributed by atoms with van der Waals surface area (Å²) in [6.45, 7) is 4.49. The molecule has 0 bridgehead atoms. The van der Waals surface area contributed by atoms with Gasteiger partial charge in [0.05, 0.1) is 0 Å². The quantitative estimate of drug-likeness (QED) is 0.771. The van der Waals surface area contributed by atoms with E-state index in [0.717, 1.165) is 6.42 Å². The lowest BCUT2D eigenvalue weighted by atomic mass is 10.1. The van der Waals surface area contributed by atoms with E-state index in [4.69, 9.17) is 0 Å². The summed E-state index contributed by atoms with van der Waals surface area (Å²) in [7, 11) is 0. The summed E-state index contributed by atoms with van der Waals surface area (Å²) < 4.78 is 0. The Kier molecular flexibility index (Phi) is 5.49. The Balaban J connectivity index is 1.90. The molecule has 19 heavy (non-hydrogen) atoms. The number of thiophene rings is 1. The number of thioether (sulfide) groups is 1. The number of hydrogen-bond acceptors (Lipinski definition) is 3. The molecule has 2 unspecified atom stereocenters. The van der Waals surface area contributed by atoms with Crippen molar-refractivity contribution in [3.63, 3.8) is 0 Å². The molecular formula is C16H21NS2. The number of rotatable bonds is 6. The molecule has 0 fully saturated rings. The largest absolute Gasteiger partial charge is 0.307 e. The maximum absolute atomic E-state index is 3.67. The van der Waals surface area contributed by atoms with E-state index < -0.39 is 0 Å². The number of benzene rings is 1. The normalized spacial score (nSPS) is 14.3. The highest BCUT2D eigenvalue weighted by atomic mass is 32.2. The fourth-order valence-corrected chi connectivity index (χ4v) is 3.33. The first-order valence-corrected chi connectivity index (χ1v) is 8.77. The van der Waals surface area contributed by atoms with Gasteiger partial charge in [0.2, 0.25) is 0 Å². The minimum Gasteiger partial charge on any atom is -0.307 e. The molecule has 3 heteroatoms. The third kappa shape index (κ3) is 4.37. The van der Waals surface area contributed by atoms with Gasteiger partial charge >= 0.3 is 0 Å². The van der Waals surface area contributed by atoms with E-state index in [9.17, 15) is 0 Å². The van der Waals surface area contributed by atoms with Crippen LogP contribution in [0.4, 0.5) is 0 Å². The summed E-state index contributed by atoms with van der Waals surface area (Å²) in [5.41, 5.74) is 2.78. The van der Waals surface area contributed by atoms with Crippen LogP contribution in [0.15, 0.2) is 46.0 Å². The predicted molar refractivity (Wildman–Crippen MR) is 87.3 cm³/mol. The molecule has 0 amide bonds. The molecule has 0 aliphatic rings. The Bertz CT molecular complexity index is 476. The maximum Gasteiger partial charge on any atom is 0.0294 e. The average Bonchev–Trinajstić information content (AvgIpc) is 2.91. The molecule has 0 aliphatic heterocycles. The first-order valence-electron chi connectivity index (χ1n) is 6.60. The zero-order chi connectivity index (χ0) is 13.7. The molecule has 2 rings (SSSR count). The lowest BCUT2D eigenvalue weighted by Crippen LogP contribution is -2.30. The van der Waals surface area contributed by atoms with Crippen LogP contribution in [0, 0.1) is 0 Å². The number of nitrogens with one attached hydrogen (secondary N) is 1. The van der Waals surface area contributed by atoms with E-state index in [1.165, 1.54) is 16.0 Å². The monoisotopic (exact) mass is 291 g/mol. The van der Waals surface area contributed by atoms with Gasteiger partial charge in [-0.05, 0) is 66.6 Å². The van der Waals surface area contributed by atoms with Crippen LogP contribution in [0.25, 0.3) is 0 Å². The van der Waals surface area contributed by atoms with Crippen molar-refractivity contribution in [2.75, 3.05) is 6.26 Å².